The van der Waals surface area contributed by atoms with Gasteiger partial charge in [-0.15, -0.1) is 0 Å². The van der Waals surface area contributed by atoms with Gasteiger partial charge in [-0.25, -0.2) is 4.99 Å². The maximum absolute atomic E-state index is 10.9. The number of rotatable bonds is 4. The average Bonchev–Trinajstić information content (AvgIpc) is 3.11. The molecule has 2 heterocycles. The molecule has 7 heteroatoms. The lowest BCUT2D eigenvalue weighted by molar-refractivity contribution is -0.137. The van der Waals surface area contributed by atoms with Crippen LogP contribution in [0, 0.1) is 0 Å². The first-order chi connectivity index (χ1) is 15.1. The highest BCUT2D eigenvalue weighted by molar-refractivity contribution is 6.02. The molecule has 3 aliphatic rings. The van der Waals surface area contributed by atoms with Crippen LogP contribution in [0.4, 0.5) is 0 Å². The Bertz CT molecular complexity index is 909. The fraction of sp³-hybridized carbons (Fsp3) is 0.417. The van der Waals surface area contributed by atoms with Crippen molar-refractivity contribution in [3.05, 3.63) is 59.5 Å². The van der Waals surface area contributed by atoms with Gasteiger partial charge in [0, 0.05) is 39.1 Å². The molecule has 4 rings (SSSR count). The third kappa shape index (κ3) is 5.55. The molecule has 0 spiro atoms. The second-order valence-corrected chi connectivity index (χ2v) is 7.17. The Morgan fingerprint density at radius 2 is 1.97 bits per heavy atom. The number of allylic oxidation sites excluding steroid dienone is 4. The van der Waals surface area contributed by atoms with Crippen molar-refractivity contribution in [1.29, 1.82) is 0 Å². The Hall–Kier alpha value is -3.06. The summed E-state index contributed by atoms with van der Waals surface area (Å²) in [5, 5.41) is 8.92. The van der Waals surface area contributed by atoms with Gasteiger partial charge in [-0.1, -0.05) is 32.1 Å². The highest BCUT2D eigenvalue weighted by Gasteiger charge is 2.27. The average molecular weight is 426 g/mol. The SMILES string of the molecule is CC.COc1ccc2c(c1)C(N1CCN(CCC(=O)O)CC1)=NC1=C(CC=CC=C1)O2. The summed E-state index contributed by atoms with van der Waals surface area (Å²) in [5.41, 5.74) is 1.74. The van der Waals surface area contributed by atoms with Gasteiger partial charge in [-0.2, -0.15) is 0 Å². The van der Waals surface area contributed by atoms with Gasteiger partial charge in [0.25, 0.3) is 0 Å². The molecule has 1 aromatic carbocycles. The molecule has 0 amide bonds. The van der Waals surface area contributed by atoms with Gasteiger partial charge >= 0.3 is 5.97 Å². The fourth-order valence-corrected chi connectivity index (χ4v) is 3.68. The summed E-state index contributed by atoms with van der Waals surface area (Å²) >= 11 is 0. The molecule has 166 valence electrons. The molecule has 1 aromatic rings. The standard InChI is InChI=1S/C22H25N3O4.C2H6/c1-28-16-7-8-19-17(15-16)22(23-18-5-3-2-4-6-20(18)29-19)25-13-11-24(12-14-25)10-9-21(26)27;1-2/h2-5,7-8,15H,6,9-14H2,1H3,(H,26,27);1-2H3. The molecule has 0 unspecified atom stereocenters. The smallest absolute Gasteiger partial charge is 0.304 e. The Kier molecular flexibility index (Phi) is 7.89. The summed E-state index contributed by atoms with van der Waals surface area (Å²) in [6, 6.07) is 5.80. The van der Waals surface area contributed by atoms with Crippen LogP contribution in [0.5, 0.6) is 11.5 Å². The number of carboxylic acid groups (broad SMARTS) is 1. The number of piperazine rings is 1. The van der Waals surface area contributed by atoms with E-state index in [0.717, 1.165) is 60.5 Å². The van der Waals surface area contributed by atoms with Crippen molar-refractivity contribution in [2.75, 3.05) is 39.8 Å². The summed E-state index contributed by atoms with van der Waals surface area (Å²) in [5.74, 6) is 2.47. The van der Waals surface area contributed by atoms with Gasteiger partial charge in [-0.05, 0) is 24.3 Å². The second-order valence-electron chi connectivity index (χ2n) is 7.17. The van der Waals surface area contributed by atoms with E-state index in [0.29, 0.717) is 13.0 Å². The van der Waals surface area contributed by atoms with Crippen LogP contribution in [0.2, 0.25) is 0 Å². The minimum Gasteiger partial charge on any atom is -0.497 e. The lowest BCUT2D eigenvalue weighted by atomic mass is 10.1. The van der Waals surface area contributed by atoms with E-state index in [9.17, 15) is 4.79 Å². The molecule has 2 aliphatic heterocycles. The van der Waals surface area contributed by atoms with Crippen LogP contribution < -0.4 is 9.47 Å². The van der Waals surface area contributed by atoms with Crippen molar-refractivity contribution in [2.24, 2.45) is 4.99 Å². The molecular formula is C24H31N3O4. The molecule has 1 fully saturated rings. The van der Waals surface area contributed by atoms with Crippen LogP contribution in [0.25, 0.3) is 0 Å². The zero-order valence-electron chi connectivity index (χ0n) is 18.5. The van der Waals surface area contributed by atoms with Crippen LogP contribution in [0.1, 0.15) is 32.3 Å². The number of nitrogens with zero attached hydrogens (tertiary/aromatic N) is 3. The predicted molar refractivity (Wildman–Crippen MR) is 122 cm³/mol. The number of fused-ring (bicyclic) bond motifs is 1. The van der Waals surface area contributed by atoms with Crippen LogP contribution in [-0.2, 0) is 4.79 Å². The lowest BCUT2D eigenvalue weighted by Crippen LogP contribution is -2.49. The number of hydrogen-bond acceptors (Lipinski definition) is 6. The molecule has 0 bridgehead atoms. The summed E-state index contributed by atoms with van der Waals surface area (Å²) in [6.07, 6.45) is 8.88. The number of benzene rings is 1. The zero-order valence-corrected chi connectivity index (χ0v) is 18.5. The number of carbonyl (C=O) groups is 1. The second kappa shape index (κ2) is 10.8. The van der Waals surface area contributed by atoms with E-state index in [1.165, 1.54) is 0 Å². The number of carboxylic acids is 1. The number of methoxy groups -OCH3 is 1. The minimum atomic E-state index is -0.757. The van der Waals surface area contributed by atoms with E-state index in [1.54, 1.807) is 7.11 Å². The van der Waals surface area contributed by atoms with Crippen LogP contribution in [0.3, 0.4) is 0 Å². The molecule has 31 heavy (non-hydrogen) atoms. The molecule has 0 saturated carbocycles. The maximum Gasteiger partial charge on any atom is 0.304 e. The Morgan fingerprint density at radius 1 is 1.19 bits per heavy atom. The van der Waals surface area contributed by atoms with Crippen molar-refractivity contribution in [3.63, 3.8) is 0 Å². The quantitative estimate of drug-likeness (QED) is 0.793. The molecule has 0 radical (unpaired) electrons. The molecular weight excluding hydrogens is 394 g/mol. The first-order valence-electron chi connectivity index (χ1n) is 10.8. The lowest BCUT2D eigenvalue weighted by Gasteiger charge is -2.36. The highest BCUT2D eigenvalue weighted by atomic mass is 16.5. The number of aliphatic imine (C=N–C) groups is 1. The Balaban J connectivity index is 0.00000132. The van der Waals surface area contributed by atoms with Crippen LogP contribution in [0.15, 0.2) is 59.0 Å². The monoisotopic (exact) mass is 425 g/mol. The van der Waals surface area contributed by atoms with Gasteiger partial charge < -0.3 is 19.5 Å². The summed E-state index contributed by atoms with van der Waals surface area (Å²) in [6.45, 7) is 7.73. The van der Waals surface area contributed by atoms with Gasteiger partial charge in [0.15, 0.2) is 0 Å². The van der Waals surface area contributed by atoms with Crippen molar-refractivity contribution in [2.45, 2.75) is 26.7 Å². The topological polar surface area (TPSA) is 74.6 Å². The first-order valence-corrected chi connectivity index (χ1v) is 10.8. The number of amidine groups is 1. The molecule has 0 aromatic heterocycles. The largest absolute Gasteiger partial charge is 0.497 e. The first kappa shape index (κ1) is 22.6. The van der Waals surface area contributed by atoms with Crippen LogP contribution >= 0.6 is 0 Å². The number of ether oxygens (including phenoxy) is 2. The van der Waals surface area contributed by atoms with Crippen molar-refractivity contribution < 1.29 is 19.4 Å². The van der Waals surface area contributed by atoms with Crippen molar-refractivity contribution >= 4 is 11.8 Å². The zero-order chi connectivity index (χ0) is 22.2. The van der Waals surface area contributed by atoms with Gasteiger partial charge in [0.05, 0.1) is 19.1 Å². The maximum atomic E-state index is 10.9. The van der Waals surface area contributed by atoms with E-state index in [-0.39, 0.29) is 6.42 Å². The summed E-state index contributed by atoms with van der Waals surface area (Å²) in [7, 11) is 1.65. The van der Waals surface area contributed by atoms with E-state index in [2.05, 4.69) is 15.9 Å². The third-order valence-electron chi connectivity index (χ3n) is 5.29. The number of hydrogen-bond donors (Lipinski definition) is 1. The van der Waals surface area contributed by atoms with Gasteiger partial charge in [0.2, 0.25) is 0 Å². The predicted octanol–water partition coefficient (Wildman–Crippen LogP) is 3.68. The normalized spacial score (nSPS) is 17.9. The van der Waals surface area contributed by atoms with E-state index in [1.807, 2.05) is 50.3 Å². The molecule has 7 nitrogen and oxygen atoms in total. The van der Waals surface area contributed by atoms with E-state index >= 15 is 0 Å². The minimum absolute atomic E-state index is 0.170. The van der Waals surface area contributed by atoms with Gasteiger partial charge in [0.1, 0.15) is 28.8 Å². The Labute approximate surface area is 184 Å². The fourth-order valence-electron chi connectivity index (χ4n) is 3.68. The molecule has 1 saturated heterocycles. The summed E-state index contributed by atoms with van der Waals surface area (Å²) < 4.78 is 11.7. The van der Waals surface area contributed by atoms with Crippen LogP contribution in [-0.4, -0.2) is 66.5 Å². The van der Waals surface area contributed by atoms with Gasteiger partial charge in [-0.3, -0.25) is 9.69 Å². The van der Waals surface area contributed by atoms with E-state index in [4.69, 9.17) is 19.6 Å². The number of aliphatic carboxylic acids is 1. The van der Waals surface area contributed by atoms with E-state index < -0.39 is 5.97 Å². The molecule has 1 N–H and O–H groups in total. The third-order valence-corrected chi connectivity index (χ3v) is 5.29. The summed E-state index contributed by atoms with van der Waals surface area (Å²) in [4.78, 5) is 20.3. The highest BCUT2D eigenvalue weighted by Crippen LogP contribution is 2.33. The molecule has 0 atom stereocenters. The van der Waals surface area contributed by atoms with Crippen molar-refractivity contribution in [3.8, 4) is 11.5 Å². The Morgan fingerprint density at radius 3 is 2.68 bits per heavy atom. The molecule has 1 aliphatic carbocycles. The van der Waals surface area contributed by atoms with Crippen molar-refractivity contribution in [1.82, 2.24) is 9.80 Å².